The van der Waals surface area contributed by atoms with Gasteiger partial charge in [-0.2, -0.15) is 0 Å². The lowest BCUT2D eigenvalue weighted by Gasteiger charge is -2.28. The van der Waals surface area contributed by atoms with E-state index in [1.165, 1.54) is 205 Å². The molecule has 3 nitrogen and oxygen atoms in total. The van der Waals surface area contributed by atoms with Crippen molar-refractivity contribution in [2.75, 3.05) is 13.2 Å². The van der Waals surface area contributed by atoms with E-state index in [-0.39, 0.29) is 0 Å². The molecule has 4 unspecified atom stereocenters. The molecule has 0 saturated carbocycles. The van der Waals surface area contributed by atoms with Crippen molar-refractivity contribution in [1.29, 1.82) is 0 Å². The Kier molecular flexibility index (Phi) is 26.6. The van der Waals surface area contributed by atoms with E-state index in [4.69, 9.17) is 14.2 Å². The van der Waals surface area contributed by atoms with Crippen LogP contribution in [0.3, 0.4) is 0 Å². The number of ether oxygens (including phenoxy) is 3. The molecule has 2 rings (SSSR count). The fraction of sp³-hybridized carbons (Fsp3) is 1.00. The van der Waals surface area contributed by atoms with Crippen LogP contribution in [0.1, 0.15) is 219 Å². The molecule has 256 valence electrons. The van der Waals surface area contributed by atoms with Crippen LogP contribution in [0.4, 0.5) is 0 Å². The van der Waals surface area contributed by atoms with Crippen molar-refractivity contribution >= 4 is 0 Å². The van der Waals surface area contributed by atoms with E-state index >= 15 is 0 Å². The summed E-state index contributed by atoms with van der Waals surface area (Å²) in [7, 11) is 0. The van der Waals surface area contributed by atoms with E-state index < -0.39 is 0 Å². The molecule has 0 bridgehead atoms. The van der Waals surface area contributed by atoms with Gasteiger partial charge in [-0.15, -0.1) is 0 Å². The molecule has 0 aliphatic carbocycles. The third-order valence-electron chi connectivity index (χ3n) is 10.3. The first-order valence-electron chi connectivity index (χ1n) is 20.2. The van der Waals surface area contributed by atoms with E-state index in [0.29, 0.717) is 24.4 Å². The maximum Gasteiger partial charge on any atom is 0.0597 e. The monoisotopic (exact) mass is 607 g/mol. The van der Waals surface area contributed by atoms with Gasteiger partial charge in [-0.3, -0.25) is 0 Å². The van der Waals surface area contributed by atoms with Crippen molar-refractivity contribution in [2.24, 2.45) is 0 Å². The third kappa shape index (κ3) is 22.9. The molecular formula is C40H78O3. The lowest BCUT2D eigenvalue weighted by molar-refractivity contribution is -0.0592. The molecule has 0 aromatic carbocycles. The Balaban J connectivity index is 1.69. The Hall–Kier alpha value is -0.120. The average Bonchev–Trinajstić information content (AvgIpc) is 2.96. The summed E-state index contributed by atoms with van der Waals surface area (Å²) < 4.78 is 18.4. The summed E-state index contributed by atoms with van der Waals surface area (Å²) in [6.07, 6.45) is 45.8. The topological polar surface area (TPSA) is 27.7 Å². The minimum absolute atomic E-state index is 0.472. The maximum atomic E-state index is 7.05. The molecule has 0 aromatic heterocycles. The molecule has 0 aromatic rings. The van der Waals surface area contributed by atoms with Gasteiger partial charge >= 0.3 is 0 Å². The summed E-state index contributed by atoms with van der Waals surface area (Å²) in [5.74, 6) is 0. The molecule has 43 heavy (non-hydrogen) atoms. The van der Waals surface area contributed by atoms with Gasteiger partial charge in [0.25, 0.3) is 0 Å². The quantitative estimate of drug-likeness (QED) is 0.0682. The minimum atomic E-state index is 0.472. The Morgan fingerprint density at radius 1 is 0.419 bits per heavy atom. The summed E-state index contributed by atoms with van der Waals surface area (Å²) in [5.41, 5.74) is 0. The van der Waals surface area contributed by atoms with E-state index in [1.54, 1.807) is 0 Å². The van der Waals surface area contributed by atoms with E-state index in [9.17, 15) is 0 Å². The normalized spacial score (nSPS) is 19.7. The first-order valence-corrected chi connectivity index (χ1v) is 20.2. The molecule has 2 fully saturated rings. The summed E-state index contributed by atoms with van der Waals surface area (Å²) >= 11 is 0. The van der Waals surface area contributed by atoms with Gasteiger partial charge in [-0.1, -0.05) is 168 Å². The molecule has 4 atom stereocenters. The van der Waals surface area contributed by atoms with Crippen molar-refractivity contribution in [2.45, 2.75) is 244 Å². The second kappa shape index (κ2) is 29.3. The summed E-state index contributed by atoms with van der Waals surface area (Å²) in [4.78, 5) is 0. The molecule has 0 spiro atoms. The molecule has 2 aliphatic rings. The van der Waals surface area contributed by atoms with Gasteiger partial charge in [0, 0.05) is 13.2 Å². The predicted molar refractivity (Wildman–Crippen MR) is 187 cm³/mol. The van der Waals surface area contributed by atoms with Gasteiger partial charge in [0.1, 0.15) is 0 Å². The molecule has 2 heterocycles. The molecule has 2 saturated heterocycles. The number of hydrogen-bond donors (Lipinski definition) is 0. The third-order valence-corrected chi connectivity index (χ3v) is 10.3. The van der Waals surface area contributed by atoms with Gasteiger partial charge in [-0.05, 0) is 51.4 Å². The fourth-order valence-electron chi connectivity index (χ4n) is 7.06. The second-order valence-electron chi connectivity index (χ2n) is 14.5. The standard InChI is InChI=1S/C40H78O3/c1-3-5-7-9-11-13-15-17-19-21-29-39(31-25-23-27-37-33-35-41-37)43-40(32-26-24-28-38-34-36-42-38)30-22-20-18-16-14-12-10-8-6-4-2/h37-40H,3-36H2,1-2H3. The summed E-state index contributed by atoms with van der Waals surface area (Å²) in [6.45, 7) is 6.60. The van der Waals surface area contributed by atoms with Crippen LogP contribution in [0.5, 0.6) is 0 Å². The zero-order valence-electron chi connectivity index (χ0n) is 29.6. The van der Waals surface area contributed by atoms with E-state index in [2.05, 4.69) is 13.8 Å². The highest BCUT2D eigenvalue weighted by atomic mass is 16.5. The van der Waals surface area contributed by atoms with Crippen molar-refractivity contribution in [3.8, 4) is 0 Å². The zero-order chi connectivity index (χ0) is 30.5. The Morgan fingerprint density at radius 3 is 0.977 bits per heavy atom. The highest BCUT2D eigenvalue weighted by molar-refractivity contribution is 4.71. The highest BCUT2D eigenvalue weighted by Gasteiger charge is 2.21. The van der Waals surface area contributed by atoms with Crippen molar-refractivity contribution < 1.29 is 14.2 Å². The van der Waals surface area contributed by atoms with Crippen LogP contribution >= 0.6 is 0 Å². The lowest BCUT2D eigenvalue weighted by Crippen LogP contribution is -2.27. The lowest BCUT2D eigenvalue weighted by atomic mass is 9.98. The number of unbranched alkanes of at least 4 members (excludes halogenated alkanes) is 20. The van der Waals surface area contributed by atoms with Crippen LogP contribution in [0.15, 0.2) is 0 Å². The van der Waals surface area contributed by atoms with E-state index in [0.717, 1.165) is 13.2 Å². The minimum Gasteiger partial charge on any atom is -0.378 e. The zero-order valence-corrected chi connectivity index (χ0v) is 29.6. The fourth-order valence-corrected chi connectivity index (χ4v) is 7.06. The van der Waals surface area contributed by atoms with Crippen molar-refractivity contribution in [3.05, 3.63) is 0 Å². The second-order valence-corrected chi connectivity index (χ2v) is 14.5. The van der Waals surface area contributed by atoms with Gasteiger partial charge in [0.15, 0.2) is 0 Å². The summed E-state index contributed by atoms with van der Waals surface area (Å²) in [6, 6.07) is 0. The van der Waals surface area contributed by atoms with Crippen LogP contribution in [0.25, 0.3) is 0 Å². The SMILES string of the molecule is CCCCCCCCCCCCC(CCCCC1CCO1)OC(CCCCCCCCCCCC)CCCCC1CCO1. The first-order chi connectivity index (χ1) is 21.3. The predicted octanol–water partition coefficient (Wildman–Crippen LogP) is 13.1. The van der Waals surface area contributed by atoms with Gasteiger partial charge in [0.2, 0.25) is 0 Å². The smallest absolute Gasteiger partial charge is 0.0597 e. The van der Waals surface area contributed by atoms with Gasteiger partial charge in [-0.25, -0.2) is 0 Å². The number of rotatable bonds is 34. The van der Waals surface area contributed by atoms with Crippen LogP contribution in [-0.4, -0.2) is 37.6 Å². The van der Waals surface area contributed by atoms with Crippen LogP contribution < -0.4 is 0 Å². The molecule has 0 radical (unpaired) electrons. The summed E-state index contributed by atoms with van der Waals surface area (Å²) in [5, 5.41) is 0. The molecule has 0 N–H and O–H groups in total. The van der Waals surface area contributed by atoms with Crippen LogP contribution in [0, 0.1) is 0 Å². The van der Waals surface area contributed by atoms with Gasteiger partial charge < -0.3 is 14.2 Å². The molecule has 3 heteroatoms. The number of hydrogen-bond acceptors (Lipinski definition) is 3. The van der Waals surface area contributed by atoms with Crippen molar-refractivity contribution in [3.63, 3.8) is 0 Å². The highest BCUT2D eigenvalue weighted by Crippen LogP contribution is 2.25. The van der Waals surface area contributed by atoms with E-state index in [1.807, 2.05) is 0 Å². The molecule has 2 aliphatic heterocycles. The van der Waals surface area contributed by atoms with Crippen LogP contribution in [0.2, 0.25) is 0 Å². The Bertz CT molecular complexity index is 510. The Morgan fingerprint density at radius 2 is 0.698 bits per heavy atom. The average molecular weight is 607 g/mol. The van der Waals surface area contributed by atoms with Crippen molar-refractivity contribution in [1.82, 2.24) is 0 Å². The van der Waals surface area contributed by atoms with Gasteiger partial charge in [0.05, 0.1) is 24.4 Å². The Labute approximate surface area is 270 Å². The largest absolute Gasteiger partial charge is 0.378 e. The van der Waals surface area contributed by atoms with Crippen LogP contribution in [-0.2, 0) is 14.2 Å². The molecular weight excluding hydrogens is 528 g/mol. The first kappa shape index (κ1) is 39.1. The molecule has 0 amide bonds. The maximum absolute atomic E-state index is 7.05.